The third-order valence-corrected chi connectivity index (χ3v) is 3.70. The van der Waals surface area contributed by atoms with Crippen LogP contribution in [0, 0.1) is 0 Å². The molecule has 18 heavy (non-hydrogen) atoms. The summed E-state index contributed by atoms with van der Waals surface area (Å²) in [7, 11) is 0. The molecule has 2 heterocycles. The Morgan fingerprint density at radius 1 is 1.22 bits per heavy atom. The fourth-order valence-electron chi connectivity index (χ4n) is 2.67. The molecular weight excluding hydrogens is 229 g/mol. The number of hydrogen-bond acceptors (Lipinski definition) is 2. The molecule has 2 N–H and O–H groups in total. The number of aromatic nitrogens is 1. The average molecular weight is 247 g/mol. The van der Waals surface area contributed by atoms with E-state index in [-0.39, 0.29) is 12.7 Å². The van der Waals surface area contributed by atoms with Crippen molar-refractivity contribution in [3.8, 4) is 0 Å². The summed E-state index contributed by atoms with van der Waals surface area (Å²) in [6, 6.07) is 8.09. The smallest absolute Gasteiger partial charge is 0.109 e. The van der Waals surface area contributed by atoms with Gasteiger partial charge in [-0.15, -0.1) is 0 Å². The molecule has 3 nitrogen and oxygen atoms in total. The molecule has 0 aliphatic carbocycles. The SMILES string of the molecule is FC[C@@H](c1ccc2[nH]ccc2c1)N1CCNCC1. The zero-order valence-corrected chi connectivity index (χ0v) is 10.3. The van der Waals surface area contributed by atoms with Crippen molar-refractivity contribution in [1.82, 2.24) is 15.2 Å². The van der Waals surface area contributed by atoms with E-state index in [0.29, 0.717) is 0 Å². The Balaban J connectivity index is 1.89. The van der Waals surface area contributed by atoms with Gasteiger partial charge in [0.25, 0.3) is 0 Å². The van der Waals surface area contributed by atoms with Crippen LogP contribution >= 0.6 is 0 Å². The summed E-state index contributed by atoms with van der Waals surface area (Å²) in [6.07, 6.45) is 1.92. The first-order valence-electron chi connectivity index (χ1n) is 6.46. The van der Waals surface area contributed by atoms with Crippen LogP contribution < -0.4 is 5.32 Å². The molecule has 4 heteroatoms. The van der Waals surface area contributed by atoms with Gasteiger partial charge in [-0.05, 0) is 29.1 Å². The van der Waals surface area contributed by atoms with Crippen LogP contribution in [0.3, 0.4) is 0 Å². The molecule has 1 aliphatic heterocycles. The molecule has 1 saturated heterocycles. The lowest BCUT2D eigenvalue weighted by Crippen LogP contribution is -2.45. The van der Waals surface area contributed by atoms with Gasteiger partial charge in [-0.3, -0.25) is 4.90 Å². The van der Waals surface area contributed by atoms with Gasteiger partial charge in [0.2, 0.25) is 0 Å². The van der Waals surface area contributed by atoms with Crippen molar-refractivity contribution in [2.24, 2.45) is 0 Å². The maximum Gasteiger partial charge on any atom is 0.109 e. The fraction of sp³-hybridized carbons (Fsp3) is 0.429. The third-order valence-electron chi connectivity index (χ3n) is 3.70. The van der Waals surface area contributed by atoms with Crippen LogP contribution in [0.25, 0.3) is 10.9 Å². The number of rotatable bonds is 3. The highest BCUT2D eigenvalue weighted by Crippen LogP contribution is 2.25. The zero-order valence-electron chi connectivity index (χ0n) is 10.3. The first-order chi connectivity index (χ1) is 8.88. The van der Waals surface area contributed by atoms with Gasteiger partial charge < -0.3 is 10.3 Å². The van der Waals surface area contributed by atoms with Crippen LogP contribution in [-0.2, 0) is 0 Å². The maximum atomic E-state index is 13.4. The van der Waals surface area contributed by atoms with E-state index >= 15 is 0 Å². The van der Waals surface area contributed by atoms with Crippen molar-refractivity contribution < 1.29 is 4.39 Å². The summed E-state index contributed by atoms with van der Waals surface area (Å²) in [5.41, 5.74) is 2.18. The molecule has 1 aliphatic rings. The summed E-state index contributed by atoms with van der Waals surface area (Å²) >= 11 is 0. The van der Waals surface area contributed by atoms with E-state index < -0.39 is 0 Å². The van der Waals surface area contributed by atoms with Gasteiger partial charge in [0, 0.05) is 37.9 Å². The van der Waals surface area contributed by atoms with Gasteiger partial charge in [0.1, 0.15) is 6.67 Å². The lowest BCUT2D eigenvalue weighted by atomic mass is 10.0. The molecule has 1 aromatic heterocycles. The van der Waals surface area contributed by atoms with E-state index in [2.05, 4.69) is 21.3 Å². The fourth-order valence-corrected chi connectivity index (χ4v) is 2.67. The minimum absolute atomic E-state index is 0.105. The number of nitrogens with zero attached hydrogens (tertiary/aromatic N) is 1. The van der Waals surface area contributed by atoms with Crippen LogP contribution in [0.2, 0.25) is 0 Å². The highest BCUT2D eigenvalue weighted by Gasteiger charge is 2.22. The molecule has 3 rings (SSSR count). The standard InChI is InChI=1S/C14H18FN3/c15-10-14(18-7-5-16-6-8-18)12-1-2-13-11(9-12)3-4-17-13/h1-4,9,14,16-17H,5-8,10H2/t14-/m0/s1. The molecular formula is C14H18FN3. The van der Waals surface area contributed by atoms with E-state index in [4.69, 9.17) is 0 Å². The second kappa shape index (κ2) is 5.08. The minimum atomic E-state index is -0.323. The van der Waals surface area contributed by atoms with Gasteiger partial charge in [-0.1, -0.05) is 6.07 Å². The number of piperazine rings is 1. The van der Waals surface area contributed by atoms with Crippen molar-refractivity contribution in [3.05, 3.63) is 36.0 Å². The number of benzene rings is 1. The average Bonchev–Trinajstić information content (AvgIpc) is 2.88. The summed E-state index contributed by atoms with van der Waals surface area (Å²) in [5.74, 6) is 0. The van der Waals surface area contributed by atoms with Crippen molar-refractivity contribution in [1.29, 1.82) is 0 Å². The topological polar surface area (TPSA) is 31.1 Å². The lowest BCUT2D eigenvalue weighted by molar-refractivity contribution is 0.147. The summed E-state index contributed by atoms with van der Waals surface area (Å²) in [4.78, 5) is 5.39. The van der Waals surface area contributed by atoms with Crippen LogP contribution in [0.15, 0.2) is 30.5 Å². The second-order valence-electron chi connectivity index (χ2n) is 4.78. The van der Waals surface area contributed by atoms with Crippen LogP contribution in [-0.4, -0.2) is 42.7 Å². The zero-order chi connectivity index (χ0) is 12.4. The van der Waals surface area contributed by atoms with Gasteiger partial charge in [-0.25, -0.2) is 4.39 Å². The second-order valence-corrected chi connectivity index (χ2v) is 4.78. The molecule has 0 amide bonds. The predicted octanol–water partition coefficient (Wildman–Crippen LogP) is 2.08. The van der Waals surface area contributed by atoms with Crippen molar-refractivity contribution in [2.45, 2.75) is 6.04 Å². The van der Waals surface area contributed by atoms with Gasteiger partial charge >= 0.3 is 0 Å². The Labute approximate surface area is 106 Å². The predicted molar refractivity (Wildman–Crippen MR) is 71.5 cm³/mol. The molecule has 0 saturated carbocycles. The number of fused-ring (bicyclic) bond motifs is 1. The monoisotopic (exact) mass is 247 g/mol. The first kappa shape index (κ1) is 11.7. The molecule has 2 aromatic rings. The Kier molecular flexibility index (Phi) is 3.30. The Morgan fingerprint density at radius 2 is 2.06 bits per heavy atom. The molecule has 0 unspecified atom stereocenters. The number of halogens is 1. The van der Waals surface area contributed by atoms with E-state index in [1.165, 1.54) is 0 Å². The van der Waals surface area contributed by atoms with E-state index in [9.17, 15) is 4.39 Å². The summed E-state index contributed by atoms with van der Waals surface area (Å²) < 4.78 is 13.4. The van der Waals surface area contributed by atoms with Gasteiger partial charge in [0.15, 0.2) is 0 Å². The van der Waals surface area contributed by atoms with Crippen LogP contribution in [0.5, 0.6) is 0 Å². The van der Waals surface area contributed by atoms with Crippen molar-refractivity contribution in [2.75, 3.05) is 32.9 Å². The summed E-state index contributed by atoms with van der Waals surface area (Å²) in [6.45, 7) is 3.40. The largest absolute Gasteiger partial charge is 0.361 e. The van der Waals surface area contributed by atoms with Gasteiger partial charge in [-0.2, -0.15) is 0 Å². The van der Waals surface area contributed by atoms with E-state index in [0.717, 1.165) is 42.6 Å². The number of aromatic amines is 1. The molecule has 1 aromatic carbocycles. The summed E-state index contributed by atoms with van der Waals surface area (Å²) in [5, 5.41) is 4.46. The number of H-pyrrole nitrogens is 1. The quantitative estimate of drug-likeness (QED) is 0.870. The Morgan fingerprint density at radius 3 is 2.83 bits per heavy atom. The number of hydrogen-bond donors (Lipinski definition) is 2. The maximum absolute atomic E-state index is 13.4. The highest BCUT2D eigenvalue weighted by molar-refractivity contribution is 5.80. The molecule has 0 bridgehead atoms. The Hall–Kier alpha value is -1.39. The molecule has 1 fully saturated rings. The third kappa shape index (κ3) is 2.13. The molecule has 0 radical (unpaired) electrons. The van der Waals surface area contributed by atoms with E-state index in [1.807, 2.05) is 24.4 Å². The normalized spacial score (nSPS) is 19.2. The molecule has 96 valence electrons. The van der Waals surface area contributed by atoms with Gasteiger partial charge in [0.05, 0.1) is 6.04 Å². The minimum Gasteiger partial charge on any atom is -0.361 e. The van der Waals surface area contributed by atoms with Crippen LogP contribution in [0.1, 0.15) is 11.6 Å². The molecule has 1 atom stereocenters. The number of nitrogens with one attached hydrogen (secondary N) is 2. The lowest BCUT2D eigenvalue weighted by Gasteiger charge is -2.33. The number of alkyl halides is 1. The van der Waals surface area contributed by atoms with Crippen molar-refractivity contribution in [3.63, 3.8) is 0 Å². The van der Waals surface area contributed by atoms with E-state index in [1.54, 1.807) is 0 Å². The molecule has 0 spiro atoms. The van der Waals surface area contributed by atoms with Crippen molar-refractivity contribution >= 4 is 10.9 Å². The van der Waals surface area contributed by atoms with Crippen LogP contribution in [0.4, 0.5) is 4.39 Å². The first-order valence-corrected chi connectivity index (χ1v) is 6.46. The highest BCUT2D eigenvalue weighted by atomic mass is 19.1. The Bertz CT molecular complexity index is 516.